The molecule has 0 bridgehead atoms. The molecule has 0 saturated carbocycles. The zero-order chi connectivity index (χ0) is 16.9. The lowest BCUT2D eigenvalue weighted by Gasteiger charge is -2.22. The van der Waals surface area contributed by atoms with Crippen LogP contribution in [0, 0.1) is 11.8 Å². The molecule has 2 rings (SSSR count). The Hall–Kier alpha value is -2.08. The topological polar surface area (TPSA) is 20.2 Å². The molecular formula is C21H24OSi. The van der Waals surface area contributed by atoms with Gasteiger partial charge in [-0.2, -0.15) is 0 Å². The molecule has 0 radical (unpaired) electrons. The van der Waals surface area contributed by atoms with Crippen LogP contribution in [-0.4, -0.2) is 13.2 Å². The highest BCUT2D eigenvalue weighted by molar-refractivity contribution is 6.84. The number of hydrogen-bond donors (Lipinski definition) is 1. The van der Waals surface area contributed by atoms with Gasteiger partial charge in [-0.1, -0.05) is 80.0 Å². The van der Waals surface area contributed by atoms with E-state index in [1.165, 1.54) is 0 Å². The summed E-state index contributed by atoms with van der Waals surface area (Å²) in [5, 5.41) is 11.8. The van der Waals surface area contributed by atoms with Crippen LogP contribution in [-0.2, 0) is 0 Å². The van der Waals surface area contributed by atoms with Gasteiger partial charge in [0, 0.05) is 5.56 Å². The van der Waals surface area contributed by atoms with Crippen LogP contribution in [0.4, 0.5) is 0 Å². The quantitative estimate of drug-likeness (QED) is 0.625. The van der Waals surface area contributed by atoms with Crippen molar-refractivity contribution in [2.24, 2.45) is 0 Å². The summed E-state index contributed by atoms with van der Waals surface area (Å²) in [4.78, 5) is 0. The van der Waals surface area contributed by atoms with Crippen LogP contribution in [0.25, 0.3) is 0 Å². The smallest absolute Gasteiger partial charge is 0.101 e. The summed E-state index contributed by atoms with van der Waals surface area (Å²) in [5.41, 5.74) is 2.89. The average Bonchev–Trinajstić information content (AvgIpc) is 2.54. The summed E-state index contributed by atoms with van der Waals surface area (Å²) in [6.45, 7) is 8.81. The van der Waals surface area contributed by atoms with Crippen molar-refractivity contribution in [3.8, 4) is 11.8 Å². The highest BCUT2D eigenvalue weighted by atomic mass is 28.3. The minimum absolute atomic E-state index is 0.594. The zero-order valence-electron chi connectivity index (χ0n) is 14.3. The lowest BCUT2D eigenvalue weighted by Crippen LogP contribution is -2.25. The minimum atomic E-state index is -1.65. The van der Waals surface area contributed by atoms with E-state index in [1.807, 2.05) is 67.6 Å². The summed E-state index contributed by atoms with van der Waals surface area (Å²) < 4.78 is 0. The summed E-state index contributed by atoms with van der Waals surface area (Å²) in [6, 6.07) is 19.8. The number of benzene rings is 2. The molecule has 23 heavy (non-hydrogen) atoms. The van der Waals surface area contributed by atoms with Crippen molar-refractivity contribution in [1.82, 2.24) is 0 Å². The molecule has 2 aromatic carbocycles. The number of hydrogen-bond acceptors (Lipinski definition) is 1. The minimum Gasteiger partial charge on any atom is -0.384 e. The van der Waals surface area contributed by atoms with E-state index in [4.69, 9.17) is 0 Å². The van der Waals surface area contributed by atoms with E-state index >= 15 is 0 Å². The standard InChI is InChI=1S/C21H24OSi/c1-17(21(22)19-13-9-6-10-14-19)20(23(2,3)4)16-15-18-11-7-5-8-12-18/h5-14,21-22H,1-4H3/b20-17+. The van der Waals surface area contributed by atoms with Gasteiger partial charge in [0.15, 0.2) is 0 Å². The average molecular weight is 321 g/mol. The fraction of sp³-hybridized carbons (Fsp3) is 0.238. The first kappa shape index (κ1) is 17.3. The van der Waals surface area contributed by atoms with Gasteiger partial charge in [0.05, 0.1) is 8.07 Å². The van der Waals surface area contributed by atoms with Gasteiger partial charge in [-0.05, 0) is 35.4 Å². The van der Waals surface area contributed by atoms with Gasteiger partial charge >= 0.3 is 0 Å². The number of aliphatic hydroxyl groups excluding tert-OH is 1. The van der Waals surface area contributed by atoms with E-state index in [9.17, 15) is 5.11 Å². The fourth-order valence-electron chi connectivity index (χ4n) is 2.56. The molecule has 2 heteroatoms. The van der Waals surface area contributed by atoms with Gasteiger partial charge < -0.3 is 5.11 Å². The highest BCUT2D eigenvalue weighted by Crippen LogP contribution is 2.28. The van der Waals surface area contributed by atoms with Crippen molar-refractivity contribution in [2.75, 3.05) is 0 Å². The maximum Gasteiger partial charge on any atom is 0.101 e. The van der Waals surface area contributed by atoms with E-state index in [2.05, 4.69) is 31.5 Å². The van der Waals surface area contributed by atoms with Crippen molar-refractivity contribution in [3.63, 3.8) is 0 Å². The predicted octanol–water partition coefficient (Wildman–Crippen LogP) is 4.97. The Bertz CT molecular complexity index is 728. The highest BCUT2D eigenvalue weighted by Gasteiger charge is 2.24. The Morgan fingerprint density at radius 2 is 1.43 bits per heavy atom. The maximum absolute atomic E-state index is 10.7. The SMILES string of the molecule is C/C(=C(/C#Cc1ccccc1)[Si](C)(C)C)C(O)c1ccccc1. The van der Waals surface area contributed by atoms with Crippen LogP contribution in [0.3, 0.4) is 0 Å². The first-order valence-corrected chi connectivity index (χ1v) is 11.4. The number of aliphatic hydroxyl groups is 1. The Balaban J connectivity index is 2.44. The molecule has 0 heterocycles. The molecule has 0 spiro atoms. The Labute approximate surface area is 140 Å². The molecule has 0 fully saturated rings. The second-order valence-electron chi connectivity index (χ2n) is 6.74. The zero-order valence-corrected chi connectivity index (χ0v) is 15.3. The Morgan fingerprint density at radius 1 is 0.913 bits per heavy atom. The monoisotopic (exact) mass is 320 g/mol. The van der Waals surface area contributed by atoms with Crippen molar-refractivity contribution in [1.29, 1.82) is 0 Å². The molecule has 0 aliphatic carbocycles. The summed E-state index contributed by atoms with van der Waals surface area (Å²) >= 11 is 0. The normalized spacial score (nSPS) is 13.6. The molecule has 1 nitrogen and oxygen atoms in total. The second-order valence-corrected chi connectivity index (χ2v) is 11.7. The third kappa shape index (κ3) is 4.69. The molecule has 0 aliphatic heterocycles. The van der Waals surface area contributed by atoms with Gasteiger partial charge in [0.2, 0.25) is 0 Å². The third-order valence-corrected chi connectivity index (χ3v) is 5.79. The van der Waals surface area contributed by atoms with Crippen LogP contribution >= 0.6 is 0 Å². The molecule has 1 N–H and O–H groups in total. The number of rotatable bonds is 3. The van der Waals surface area contributed by atoms with Crippen LogP contribution in [0.1, 0.15) is 24.2 Å². The Kier molecular flexibility index (Phi) is 5.60. The van der Waals surface area contributed by atoms with Crippen LogP contribution < -0.4 is 0 Å². The summed E-state index contributed by atoms with van der Waals surface area (Å²) in [6.07, 6.45) is -0.594. The Morgan fingerprint density at radius 3 is 1.96 bits per heavy atom. The largest absolute Gasteiger partial charge is 0.384 e. The van der Waals surface area contributed by atoms with Crippen molar-refractivity contribution in [3.05, 3.63) is 82.6 Å². The van der Waals surface area contributed by atoms with Crippen molar-refractivity contribution >= 4 is 8.07 Å². The molecule has 0 aliphatic rings. The van der Waals surface area contributed by atoms with Crippen molar-refractivity contribution < 1.29 is 5.11 Å². The first-order valence-electron chi connectivity index (χ1n) is 7.91. The van der Waals surface area contributed by atoms with Crippen molar-refractivity contribution in [2.45, 2.75) is 32.7 Å². The van der Waals surface area contributed by atoms with Gasteiger partial charge in [-0.3, -0.25) is 0 Å². The molecular weight excluding hydrogens is 296 g/mol. The van der Waals surface area contributed by atoms with E-state index in [0.29, 0.717) is 0 Å². The maximum atomic E-state index is 10.7. The summed E-state index contributed by atoms with van der Waals surface area (Å²) in [7, 11) is -1.65. The summed E-state index contributed by atoms with van der Waals surface area (Å²) in [5.74, 6) is 6.61. The molecule has 0 aromatic heterocycles. The van der Waals surface area contributed by atoms with E-state index < -0.39 is 14.2 Å². The molecule has 0 amide bonds. The van der Waals surface area contributed by atoms with Gasteiger partial charge in [0.25, 0.3) is 0 Å². The molecule has 118 valence electrons. The first-order chi connectivity index (χ1) is 10.9. The third-order valence-electron chi connectivity index (χ3n) is 3.78. The van der Waals surface area contributed by atoms with Crippen LogP contribution in [0.5, 0.6) is 0 Å². The van der Waals surface area contributed by atoms with Gasteiger partial charge in [-0.15, -0.1) is 0 Å². The predicted molar refractivity (Wildman–Crippen MR) is 101 cm³/mol. The molecule has 0 saturated heterocycles. The lowest BCUT2D eigenvalue weighted by atomic mass is 10.0. The molecule has 1 unspecified atom stereocenters. The van der Waals surface area contributed by atoms with Crippen LogP contribution in [0.2, 0.25) is 19.6 Å². The van der Waals surface area contributed by atoms with E-state index in [-0.39, 0.29) is 0 Å². The lowest BCUT2D eigenvalue weighted by molar-refractivity contribution is 0.215. The van der Waals surface area contributed by atoms with Gasteiger partial charge in [-0.25, -0.2) is 0 Å². The van der Waals surface area contributed by atoms with E-state index in [0.717, 1.165) is 21.9 Å². The molecule has 2 aromatic rings. The van der Waals surface area contributed by atoms with Gasteiger partial charge in [0.1, 0.15) is 6.10 Å². The van der Waals surface area contributed by atoms with E-state index in [1.54, 1.807) is 0 Å². The second kappa shape index (κ2) is 7.46. The van der Waals surface area contributed by atoms with Crippen LogP contribution in [0.15, 0.2) is 71.4 Å². The molecule has 1 atom stereocenters. The number of allylic oxidation sites excluding steroid dienone is 1. The fourth-order valence-corrected chi connectivity index (χ4v) is 4.31.